The van der Waals surface area contributed by atoms with Gasteiger partial charge in [-0.25, -0.2) is 9.55 Å². The van der Waals surface area contributed by atoms with Gasteiger partial charge in [0.2, 0.25) is 0 Å². The van der Waals surface area contributed by atoms with Crippen molar-refractivity contribution in [2.24, 2.45) is 0 Å². The lowest BCUT2D eigenvalue weighted by atomic mass is 10.0. The van der Waals surface area contributed by atoms with Crippen molar-refractivity contribution in [1.29, 1.82) is 0 Å². The number of nitrogens with one attached hydrogen (secondary N) is 1. The van der Waals surface area contributed by atoms with Gasteiger partial charge in [0.1, 0.15) is 18.0 Å². The van der Waals surface area contributed by atoms with E-state index in [9.17, 15) is 13.8 Å². The number of esters is 1. The van der Waals surface area contributed by atoms with Crippen molar-refractivity contribution in [3.8, 4) is 18.1 Å². The van der Waals surface area contributed by atoms with E-state index in [1.807, 2.05) is 30.3 Å². The number of fused-ring (bicyclic) bond motifs is 1. The summed E-state index contributed by atoms with van der Waals surface area (Å²) in [7, 11) is -4.34. The number of anilines is 1. The van der Waals surface area contributed by atoms with Crippen LogP contribution in [-0.4, -0.2) is 50.3 Å². The molecule has 14 heteroatoms. The molecule has 4 aromatic rings. The van der Waals surface area contributed by atoms with Crippen LogP contribution in [-0.2, 0) is 29.8 Å². The molecule has 1 aliphatic heterocycles. The lowest BCUT2D eigenvalue weighted by molar-refractivity contribution is -0.146. The maximum absolute atomic E-state index is 14.7. The van der Waals surface area contributed by atoms with Crippen LogP contribution < -0.4 is 15.3 Å². The number of nitrogens with zero attached hydrogens (tertiary/aromatic N) is 4. The molecule has 0 radical (unpaired) electrons. The van der Waals surface area contributed by atoms with Crippen LogP contribution in [0.3, 0.4) is 0 Å². The molecular weight excluding hydrogens is 795 g/mol. The van der Waals surface area contributed by atoms with Gasteiger partial charge in [0, 0.05) is 0 Å². The quantitative estimate of drug-likeness (QED) is 0.0169. The number of nitrogen functional groups attached to an aromatic ring is 1. The second-order valence-corrected chi connectivity index (χ2v) is 17.9. The molecule has 1 aliphatic rings. The van der Waals surface area contributed by atoms with Gasteiger partial charge in [-0.2, -0.15) is 19.4 Å². The number of imidazole rings is 1. The van der Waals surface area contributed by atoms with Crippen molar-refractivity contribution < 1.29 is 32.3 Å². The average Bonchev–Trinajstić information content (AvgIpc) is 3.89. The van der Waals surface area contributed by atoms with Crippen LogP contribution in [0.25, 0.3) is 11.2 Å². The van der Waals surface area contributed by atoms with E-state index in [2.05, 4.69) is 32.9 Å². The fourth-order valence-corrected chi connectivity index (χ4v) is 9.24. The summed E-state index contributed by atoms with van der Waals surface area (Å²) in [6.07, 6.45) is 29.5. The lowest BCUT2D eigenvalue weighted by Crippen LogP contribution is -2.41. The van der Waals surface area contributed by atoms with E-state index in [1.54, 1.807) is 30.3 Å². The first-order valence-corrected chi connectivity index (χ1v) is 24.1. The fraction of sp³-hybridized carbons (Fsp3) is 0.574. The Kier molecular flexibility index (Phi) is 20.0. The minimum atomic E-state index is -4.34. The summed E-state index contributed by atoms with van der Waals surface area (Å²) in [6.45, 7) is 2.15. The van der Waals surface area contributed by atoms with Gasteiger partial charge in [-0.15, -0.1) is 6.42 Å². The van der Waals surface area contributed by atoms with Gasteiger partial charge in [0.15, 0.2) is 22.6 Å². The molecule has 0 amide bonds. The van der Waals surface area contributed by atoms with E-state index < -0.39 is 37.7 Å². The molecule has 0 spiro atoms. The molecule has 0 unspecified atom stereocenters. The van der Waals surface area contributed by atoms with Gasteiger partial charge in [0.05, 0.1) is 19.5 Å². The molecule has 3 N–H and O–H groups in total. The summed E-state index contributed by atoms with van der Waals surface area (Å²) in [4.78, 5) is 25.4. The van der Waals surface area contributed by atoms with Gasteiger partial charge < -0.3 is 19.7 Å². The maximum Gasteiger partial charge on any atom is 0.459 e. The molecule has 1 fully saturated rings. The standard InChI is InChI=1S/C47H66FN6O6P/c1-3-5-6-7-8-9-10-11-12-13-14-15-16-17-18-19-20-27-34-57-45(55)40(35-38-28-23-21-24-29-38)53-61(56,60-39-30-25-22-26-31-39)58-36-47(4-2)33-32-41(59-47)54-37-50-42-43(49)51-46(48)52-44(42)54/h2,21-26,28-31,37,40-41H,3,5-20,27,32-36H2,1H3,(H,53,56)(H2,49,51,52)/t40-,41+,47-,61-/m0/s1. The zero-order chi connectivity index (χ0) is 43.2. The Morgan fingerprint density at radius 1 is 0.918 bits per heavy atom. The summed E-state index contributed by atoms with van der Waals surface area (Å²) in [5, 5.41) is 2.90. The molecule has 2 aromatic heterocycles. The maximum atomic E-state index is 14.7. The highest BCUT2D eigenvalue weighted by molar-refractivity contribution is 7.52. The van der Waals surface area contributed by atoms with Gasteiger partial charge in [-0.1, -0.05) is 171 Å². The first kappa shape index (κ1) is 47.7. The number of benzene rings is 2. The summed E-state index contributed by atoms with van der Waals surface area (Å²) in [5.41, 5.74) is 5.70. The number of unbranched alkanes of at least 4 members (excludes halogenated alkanes) is 17. The summed E-state index contributed by atoms with van der Waals surface area (Å²) < 4.78 is 54.6. The van der Waals surface area contributed by atoms with E-state index in [0.717, 1.165) is 24.8 Å². The first-order valence-electron chi connectivity index (χ1n) is 22.5. The molecule has 3 heterocycles. The van der Waals surface area contributed by atoms with Crippen LogP contribution in [0.1, 0.15) is 147 Å². The van der Waals surface area contributed by atoms with Gasteiger partial charge in [-0.05, 0) is 43.4 Å². The minimum Gasteiger partial charge on any atom is -0.465 e. The molecule has 4 atom stereocenters. The third kappa shape index (κ3) is 15.8. The van der Waals surface area contributed by atoms with Crippen molar-refractivity contribution in [3.05, 3.63) is 78.6 Å². The third-order valence-electron chi connectivity index (χ3n) is 11.2. The van der Waals surface area contributed by atoms with Crippen LogP contribution in [0, 0.1) is 18.4 Å². The van der Waals surface area contributed by atoms with Crippen molar-refractivity contribution in [2.75, 3.05) is 18.9 Å². The molecule has 0 aliphatic carbocycles. The first-order chi connectivity index (χ1) is 29.7. The fourth-order valence-electron chi connectivity index (χ4n) is 7.71. The minimum absolute atomic E-state index is 0.102. The van der Waals surface area contributed by atoms with Crippen LogP contribution in [0.4, 0.5) is 10.2 Å². The highest BCUT2D eigenvalue weighted by Crippen LogP contribution is 2.48. The predicted octanol–water partition coefficient (Wildman–Crippen LogP) is 11.2. The number of carbonyl (C=O) groups excluding carboxylic acids is 1. The van der Waals surface area contributed by atoms with Crippen molar-refractivity contribution >= 4 is 30.7 Å². The van der Waals surface area contributed by atoms with Crippen molar-refractivity contribution in [1.82, 2.24) is 24.6 Å². The molecule has 1 saturated heterocycles. The molecule has 61 heavy (non-hydrogen) atoms. The van der Waals surface area contributed by atoms with E-state index in [0.29, 0.717) is 6.42 Å². The van der Waals surface area contributed by atoms with Crippen LogP contribution in [0.2, 0.25) is 0 Å². The molecule has 12 nitrogen and oxygen atoms in total. The number of terminal acetylenes is 1. The highest BCUT2D eigenvalue weighted by atomic mass is 31.2. The van der Waals surface area contributed by atoms with Crippen LogP contribution in [0.15, 0.2) is 67.0 Å². The summed E-state index contributed by atoms with van der Waals surface area (Å²) in [6, 6.07) is 16.8. The van der Waals surface area contributed by atoms with Crippen LogP contribution in [0.5, 0.6) is 5.75 Å². The van der Waals surface area contributed by atoms with E-state index in [-0.39, 0.29) is 48.8 Å². The number of halogens is 1. The normalized spacial score (nSPS) is 17.8. The Morgan fingerprint density at radius 2 is 1.49 bits per heavy atom. The third-order valence-corrected chi connectivity index (χ3v) is 12.8. The Morgan fingerprint density at radius 3 is 2.08 bits per heavy atom. The second kappa shape index (κ2) is 25.6. The van der Waals surface area contributed by atoms with Crippen molar-refractivity contribution in [2.45, 2.75) is 160 Å². The Labute approximate surface area is 361 Å². The van der Waals surface area contributed by atoms with Gasteiger partial charge >= 0.3 is 19.8 Å². The zero-order valence-electron chi connectivity index (χ0n) is 36.0. The summed E-state index contributed by atoms with van der Waals surface area (Å²) in [5.74, 6) is 2.25. The Bertz CT molecular complexity index is 1980. The van der Waals surface area contributed by atoms with Crippen molar-refractivity contribution in [3.63, 3.8) is 0 Å². The molecule has 0 bridgehead atoms. The lowest BCUT2D eigenvalue weighted by Gasteiger charge is -2.29. The Hall–Kier alpha value is -4.34. The zero-order valence-corrected chi connectivity index (χ0v) is 36.9. The highest BCUT2D eigenvalue weighted by Gasteiger charge is 2.44. The largest absolute Gasteiger partial charge is 0.465 e. The monoisotopic (exact) mass is 860 g/mol. The number of hydrogen-bond acceptors (Lipinski definition) is 10. The topological polar surface area (TPSA) is 153 Å². The van der Waals surface area contributed by atoms with Gasteiger partial charge in [0.25, 0.3) is 0 Å². The molecule has 5 rings (SSSR count). The number of nitrogens with two attached hydrogens (primary N) is 1. The number of ether oxygens (including phenoxy) is 2. The summed E-state index contributed by atoms with van der Waals surface area (Å²) >= 11 is 0. The van der Waals surface area contributed by atoms with E-state index in [4.69, 9.17) is 30.7 Å². The van der Waals surface area contributed by atoms with Crippen LogP contribution >= 0.6 is 7.75 Å². The number of hydrogen-bond donors (Lipinski definition) is 2. The molecule has 2 aromatic carbocycles. The number of rotatable bonds is 30. The second-order valence-electron chi connectivity index (χ2n) is 16.2. The molecule has 0 saturated carbocycles. The van der Waals surface area contributed by atoms with Gasteiger partial charge in [-0.3, -0.25) is 13.9 Å². The Balaban J connectivity index is 1.10. The number of carbonyl (C=O) groups is 1. The number of para-hydroxylation sites is 1. The number of aromatic nitrogens is 4. The predicted molar refractivity (Wildman–Crippen MR) is 238 cm³/mol. The van der Waals surface area contributed by atoms with E-state index in [1.165, 1.54) is 107 Å². The smallest absolute Gasteiger partial charge is 0.459 e. The SMILES string of the molecule is C#C[C@@]1(CO[P@@](=O)(N[C@@H](Cc2ccccc2)C(=O)OCCCCCCCCCCCCCCCCCCCC)Oc2ccccc2)CC[C@H](n2cnc3c(N)nc(F)nc32)O1. The molecular formula is C47H66FN6O6P. The van der Waals surface area contributed by atoms with E-state index >= 15 is 0 Å². The average molecular weight is 861 g/mol. The molecule has 332 valence electrons.